The molecule has 1 N–H and O–H groups in total. The van der Waals surface area contributed by atoms with Gasteiger partial charge in [-0.15, -0.1) is 0 Å². The molecular formula is C22H24FN3O3. The van der Waals surface area contributed by atoms with E-state index in [1.165, 1.54) is 12.1 Å². The van der Waals surface area contributed by atoms with Crippen molar-refractivity contribution in [1.29, 1.82) is 0 Å². The van der Waals surface area contributed by atoms with Crippen molar-refractivity contribution in [1.82, 2.24) is 15.4 Å². The fraction of sp³-hybridized carbons (Fsp3) is 0.273. The molecule has 0 bridgehead atoms. The van der Waals surface area contributed by atoms with Crippen LogP contribution in [0.4, 0.5) is 4.39 Å². The van der Waals surface area contributed by atoms with Crippen LogP contribution in [0.2, 0.25) is 0 Å². The van der Waals surface area contributed by atoms with E-state index in [0.717, 1.165) is 16.9 Å². The number of carbonyl (C=O) groups excluding carboxylic acids is 1. The highest BCUT2D eigenvalue weighted by Crippen LogP contribution is 2.23. The van der Waals surface area contributed by atoms with Crippen LogP contribution >= 0.6 is 0 Å². The quantitative estimate of drug-likeness (QED) is 0.624. The second-order valence-electron chi connectivity index (χ2n) is 6.77. The van der Waals surface area contributed by atoms with Crippen LogP contribution in [0.1, 0.15) is 29.0 Å². The number of carbonyl (C=O) groups is 1. The second-order valence-corrected chi connectivity index (χ2v) is 6.77. The lowest BCUT2D eigenvalue weighted by atomic mass is 10.1. The van der Waals surface area contributed by atoms with Gasteiger partial charge in [0.1, 0.15) is 11.6 Å². The fourth-order valence-corrected chi connectivity index (χ4v) is 2.96. The summed E-state index contributed by atoms with van der Waals surface area (Å²) in [4.78, 5) is 14.5. The largest absolute Gasteiger partial charge is 0.494 e. The van der Waals surface area contributed by atoms with Gasteiger partial charge in [-0.25, -0.2) is 4.39 Å². The summed E-state index contributed by atoms with van der Waals surface area (Å²) in [5.41, 5.74) is 1.91. The first-order chi connectivity index (χ1) is 14.0. The number of hydrogen-bond donors (Lipinski definition) is 1. The summed E-state index contributed by atoms with van der Waals surface area (Å²) in [6, 6.07) is 15.1. The Hall–Kier alpha value is -3.19. The number of amides is 1. The molecule has 1 atom stereocenters. The molecule has 0 aliphatic carbocycles. The second kappa shape index (κ2) is 9.34. The average Bonchev–Trinajstić information content (AvgIpc) is 3.20. The van der Waals surface area contributed by atoms with E-state index in [-0.39, 0.29) is 23.5 Å². The van der Waals surface area contributed by atoms with E-state index in [4.69, 9.17) is 9.26 Å². The smallest absolute Gasteiger partial charge is 0.273 e. The standard InChI is InChI=1S/C22H24FN3O3/c1-4-28-18-11-7-16(8-12-18)21-13-19(25-29-21)22(27)24-14-20(26(2)3)15-5-9-17(23)10-6-15/h5-13,20H,4,14H2,1-3H3,(H,24,27)/t20-/m0/s1. The van der Waals surface area contributed by atoms with Gasteiger partial charge in [0.15, 0.2) is 11.5 Å². The van der Waals surface area contributed by atoms with E-state index >= 15 is 0 Å². The third kappa shape index (κ3) is 5.20. The van der Waals surface area contributed by atoms with Crippen molar-refractivity contribution >= 4 is 5.91 Å². The Bertz CT molecular complexity index is 937. The maximum atomic E-state index is 13.2. The Labute approximate surface area is 169 Å². The van der Waals surface area contributed by atoms with E-state index in [9.17, 15) is 9.18 Å². The van der Waals surface area contributed by atoms with Crippen LogP contribution in [0, 0.1) is 5.82 Å². The molecule has 0 fully saturated rings. The van der Waals surface area contributed by atoms with Gasteiger partial charge in [0.05, 0.1) is 12.6 Å². The number of rotatable bonds is 8. The minimum absolute atomic E-state index is 0.1000. The van der Waals surface area contributed by atoms with Gasteiger partial charge in [0, 0.05) is 18.2 Å². The molecule has 29 heavy (non-hydrogen) atoms. The normalized spacial score (nSPS) is 12.0. The van der Waals surface area contributed by atoms with Crippen molar-refractivity contribution < 1.29 is 18.4 Å². The molecule has 0 saturated carbocycles. The van der Waals surface area contributed by atoms with Crippen molar-refractivity contribution in [2.75, 3.05) is 27.2 Å². The summed E-state index contributed by atoms with van der Waals surface area (Å²) in [6.45, 7) is 2.87. The van der Waals surface area contributed by atoms with E-state index in [0.29, 0.717) is 18.9 Å². The third-order valence-corrected chi connectivity index (χ3v) is 4.53. The number of benzene rings is 2. The van der Waals surface area contributed by atoms with Gasteiger partial charge in [0.25, 0.3) is 5.91 Å². The lowest BCUT2D eigenvalue weighted by Gasteiger charge is -2.25. The van der Waals surface area contributed by atoms with Crippen LogP contribution in [0.3, 0.4) is 0 Å². The first-order valence-corrected chi connectivity index (χ1v) is 9.38. The highest BCUT2D eigenvalue weighted by Gasteiger charge is 2.18. The van der Waals surface area contributed by atoms with E-state index in [1.807, 2.05) is 50.2 Å². The molecule has 1 amide bonds. The number of hydrogen-bond acceptors (Lipinski definition) is 5. The fourth-order valence-electron chi connectivity index (χ4n) is 2.96. The van der Waals surface area contributed by atoms with Crippen molar-refractivity contribution in [3.63, 3.8) is 0 Å². The minimum Gasteiger partial charge on any atom is -0.494 e. The van der Waals surface area contributed by atoms with Gasteiger partial charge in [0.2, 0.25) is 0 Å². The van der Waals surface area contributed by atoms with E-state index in [1.54, 1.807) is 18.2 Å². The molecule has 152 valence electrons. The summed E-state index contributed by atoms with van der Waals surface area (Å²) < 4.78 is 23.9. The zero-order chi connectivity index (χ0) is 20.8. The third-order valence-electron chi connectivity index (χ3n) is 4.53. The lowest BCUT2D eigenvalue weighted by Crippen LogP contribution is -2.34. The van der Waals surface area contributed by atoms with Crippen molar-refractivity contribution in [2.45, 2.75) is 13.0 Å². The Morgan fingerprint density at radius 3 is 2.48 bits per heavy atom. The number of nitrogens with one attached hydrogen (secondary N) is 1. The number of halogens is 1. The molecule has 3 rings (SSSR count). The van der Waals surface area contributed by atoms with Crippen molar-refractivity contribution in [3.8, 4) is 17.1 Å². The van der Waals surface area contributed by atoms with Gasteiger partial charge in [-0.1, -0.05) is 17.3 Å². The molecule has 1 heterocycles. The Morgan fingerprint density at radius 2 is 1.86 bits per heavy atom. The number of ether oxygens (including phenoxy) is 1. The predicted molar refractivity (Wildman–Crippen MR) is 108 cm³/mol. The van der Waals surface area contributed by atoms with Crippen LogP contribution < -0.4 is 10.1 Å². The molecular weight excluding hydrogens is 373 g/mol. The van der Waals surface area contributed by atoms with E-state index < -0.39 is 0 Å². The minimum atomic E-state index is -0.333. The number of likely N-dealkylation sites (N-methyl/N-ethyl adjacent to an activating group) is 1. The molecule has 0 saturated heterocycles. The molecule has 0 spiro atoms. The summed E-state index contributed by atoms with van der Waals surface area (Å²) in [7, 11) is 3.81. The Balaban J connectivity index is 1.65. The predicted octanol–water partition coefficient (Wildman–Crippen LogP) is 3.91. The molecule has 0 aliphatic heterocycles. The van der Waals surface area contributed by atoms with Crippen molar-refractivity contribution in [2.24, 2.45) is 0 Å². The summed E-state index contributed by atoms with van der Waals surface area (Å²) in [5.74, 6) is 0.643. The SMILES string of the molecule is CCOc1ccc(-c2cc(C(=O)NC[C@@H](c3ccc(F)cc3)N(C)C)no2)cc1. The Morgan fingerprint density at radius 1 is 1.17 bits per heavy atom. The molecule has 0 radical (unpaired) electrons. The van der Waals surface area contributed by atoms with Crippen LogP contribution in [-0.2, 0) is 0 Å². The topological polar surface area (TPSA) is 67.6 Å². The lowest BCUT2D eigenvalue weighted by molar-refractivity contribution is 0.0933. The zero-order valence-corrected chi connectivity index (χ0v) is 16.7. The van der Waals surface area contributed by atoms with Gasteiger partial charge in [-0.05, 0) is 63.0 Å². The number of nitrogens with zero attached hydrogens (tertiary/aromatic N) is 2. The average molecular weight is 397 g/mol. The molecule has 6 nitrogen and oxygen atoms in total. The summed E-state index contributed by atoms with van der Waals surface area (Å²) in [5, 5.41) is 6.74. The molecule has 2 aromatic carbocycles. The van der Waals surface area contributed by atoms with Gasteiger partial charge in [-0.3, -0.25) is 4.79 Å². The van der Waals surface area contributed by atoms with E-state index in [2.05, 4.69) is 10.5 Å². The van der Waals surface area contributed by atoms with Gasteiger partial charge >= 0.3 is 0 Å². The monoisotopic (exact) mass is 397 g/mol. The van der Waals surface area contributed by atoms with Gasteiger partial charge < -0.3 is 19.5 Å². The zero-order valence-electron chi connectivity index (χ0n) is 16.7. The van der Waals surface area contributed by atoms with Crippen LogP contribution in [0.5, 0.6) is 5.75 Å². The Kier molecular flexibility index (Phi) is 6.61. The summed E-state index contributed by atoms with van der Waals surface area (Å²) >= 11 is 0. The highest BCUT2D eigenvalue weighted by atomic mass is 19.1. The number of aromatic nitrogens is 1. The van der Waals surface area contributed by atoms with Crippen molar-refractivity contribution in [3.05, 3.63) is 71.7 Å². The van der Waals surface area contributed by atoms with Crippen LogP contribution in [-0.4, -0.2) is 43.2 Å². The molecule has 3 aromatic rings. The first-order valence-electron chi connectivity index (χ1n) is 9.38. The van der Waals surface area contributed by atoms with Gasteiger partial charge in [-0.2, -0.15) is 0 Å². The molecule has 0 aliphatic rings. The highest BCUT2D eigenvalue weighted by molar-refractivity contribution is 5.93. The van der Waals surface area contributed by atoms with Crippen LogP contribution in [0.15, 0.2) is 59.1 Å². The first kappa shape index (κ1) is 20.5. The maximum Gasteiger partial charge on any atom is 0.273 e. The molecule has 7 heteroatoms. The molecule has 0 unspecified atom stereocenters. The maximum absolute atomic E-state index is 13.2. The summed E-state index contributed by atoms with van der Waals surface area (Å²) in [6.07, 6.45) is 0. The molecule has 1 aromatic heterocycles. The van der Waals surface area contributed by atoms with Crippen LogP contribution in [0.25, 0.3) is 11.3 Å².